The molecule has 3 aromatic rings. The highest BCUT2D eigenvalue weighted by molar-refractivity contribution is 6.31. The van der Waals surface area contributed by atoms with Crippen LogP contribution in [0.4, 0.5) is 11.5 Å². The van der Waals surface area contributed by atoms with Gasteiger partial charge in [-0.25, -0.2) is 9.97 Å². The first-order valence-electron chi connectivity index (χ1n) is 8.89. The van der Waals surface area contributed by atoms with Crippen molar-refractivity contribution < 1.29 is 5.11 Å². The number of anilines is 1. The van der Waals surface area contributed by atoms with Gasteiger partial charge in [0.05, 0.1) is 29.4 Å². The van der Waals surface area contributed by atoms with Gasteiger partial charge in [-0.05, 0) is 42.3 Å². The average Bonchev–Trinajstić information content (AvgIpc) is 2.70. The monoisotopic (exact) mass is 399 g/mol. The van der Waals surface area contributed by atoms with Crippen LogP contribution in [0.15, 0.2) is 52.8 Å². The molecule has 1 fully saturated rings. The second-order valence-corrected chi connectivity index (χ2v) is 7.45. The fourth-order valence-corrected chi connectivity index (χ4v) is 3.68. The smallest absolute Gasteiger partial charge is 0.261 e. The molecule has 0 amide bonds. The van der Waals surface area contributed by atoms with E-state index >= 15 is 0 Å². The van der Waals surface area contributed by atoms with Crippen LogP contribution in [-0.4, -0.2) is 38.3 Å². The molecule has 1 N–H and O–H groups in total. The molecule has 144 valence electrons. The Bertz CT molecular complexity index is 1090. The molecule has 9 heteroatoms. The predicted octanol–water partition coefficient (Wildman–Crippen LogP) is 2.87. The van der Waals surface area contributed by atoms with E-state index in [0.717, 1.165) is 0 Å². The molecule has 0 atom stereocenters. The molecule has 1 aliphatic heterocycles. The van der Waals surface area contributed by atoms with Gasteiger partial charge in [-0.1, -0.05) is 11.6 Å². The van der Waals surface area contributed by atoms with E-state index in [1.807, 2.05) is 4.90 Å². The van der Waals surface area contributed by atoms with E-state index in [4.69, 9.17) is 11.6 Å². The summed E-state index contributed by atoms with van der Waals surface area (Å²) in [6, 6.07) is 8.12. The van der Waals surface area contributed by atoms with Gasteiger partial charge in [-0.3, -0.25) is 9.36 Å². The van der Waals surface area contributed by atoms with E-state index in [1.165, 1.54) is 10.9 Å². The minimum absolute atomic E-state index is 0.161. The summed E-state index contributed by atoms with van der Waals surface area (Å²) in [5, 5.41) is 14.9. The summed E-state index contributed by atoms with van der Waals surface area (Å²) in [7, 11) is 0. The van der Waals surface area contributed by atoms with E-state index < -0.39 is 5.60 Å². The zero-order valence-electron chi connectivity index (χ0n) is 15.0. The topological polar surface area (TPSA) is 101 Å². The summed E-state index contributed by atoms with van der Waals surface area (Å²) in [6.07, 6.45) is 3.91. The molecule has 1 aliphatic rings. The Balaban J connectivity index is 1.51. The molecular formula is C19H18ClN5O3. The lowest BCUT2D eigenvalue weighted by molar-refractivity contribution is -0.00111. The van der Waals surface area contributed by atoms with Crippen LogP contribution in [-0.2, 0) is 6.54 Å². The Kier molecular flexibility index (Phi) is 4.82. The van der Waals surface area contributed by atoms with E-state index in [0.29, 0.717) is 53.4 Å². The van der Waals surface area contributed by atoms with Crippen LogP contribution in [0.1, 0.15) is 12.8 Å². The van der Waals surface area contributed by atoms with E-state index in [1.54, 1.807) is 36.5 Å². The third-order valence-corrected chi connectivity index (χ3v) is 5.34. The number of piperidine rings is 1. The van der Waals surface area contributed by atoms with Gasteiger partial charge in [-0.2, -0.15) is 0 Å². The first-order valence-corrected chi connectivity index (χ1v) is 9.27. The van der Waals surface area contributed by atoms with Gasteiger partial charge in [0.1, 0.15) is 11.5 Å². The van der Waals surface area contributed by atoms with Gasteiger partial charge < -0.3 is 10.0 Å². The lowest BCUT2D eigenvalue weighted by Gasteiger charge is -2.38. The van der Waals surface area contributed by atoms with Crippen LogP contribution >= 0.6 is 11.6 Å². The summed E-state index contributed by atoms with van der Waals surface area (Å²) in [5.41, 5.74) is -0.378. The van der Waals surface area contributed by atoms with Crippen LogP contribution in [0.3, 0.4) is 0 Å². The van der Waals surface area contributed by atoms with Crippen molar-refractivity contribution in [3.8, 4) is 0 Å². The molecule has 3 heterocycles. The lowest BCUT2D eigenvalue weighted by atomic mass is 9.91. The highest BCUT2D eigenvalue weighted by Crippen LogP contribution is 2.28. The fraction of sp³-hybridized carbons (Fsp3) is 0.316. The second-order valence-electron chi connectivity index (χ2n) is 7.01. The zero-order chi connectivity index (χ0) is 19.7. The highest BCUT2D eigenvalue weighted by atomic mass is 35.5. The molecule has 2 aromatic heterocycles. The van der Waals surface area contributed by atoms with Crippen molar-refractivity contribution >= 4 is 34.0 Å². The zero-order valence-corrected chi connectivity index (χ0v) is 15.7. The first-order chi connectivity index (χ1) is 13.5. The van der Waals surface area contributed by atoms with Crippen LogP contribution in [0.5, 0.6) is 0 Å². The number of nitroso groups, excluding NO2 is 1. The number of rotatable bonds is 4. The van der Waals surface area contributed by atoms with Crippen LogP contribution < -0.4 is 10.5 Å². The Morgan fingerprint density at radius 3 is 2.71 bits per heavy atom. The highest BCUT2D eigenvalue weighted by Gasteiger charge is 2.33. The van der Waals surface area contributed by atoms with E-state index in [-0.39, 0.29) is 12.1 Å². The molecule has 0 radical (unpaired) electrons. The molecule has 8 nitrogen and oxygen atoms in total. The van der Waals surface area contributed by atoms with Crippen molar-refractivity contribution in [3.63, 3.8) is 0 Å². The average molecular weight is 400 g/mol. The minimum atomic E-state index is -1.03. The summed E-state index contributed by atoms with van der Waals surface area (Å²) >= 11 is 5.95. The van der Waals surface area contributed by atoms with E-state index in [9.17, 15) is 14.8 Å². The van der Waals surface area contributed by atoms with Gasteiger partial charge in [0, 0.05) is 30.4 Å². The summed E-state index contributed by atoms with van der Waals surface area (Å²) in [4.78, 5) is 34.0. The second kappa shape index (κ2) is 7.29. The standard InChI is InChI=1S/C19H18ClN5O3/c20-13-1-2-15-16(9-13)22-12-25(18(15)26)11-19(27)4-7-24(8-5-19)17-10-14(23-28)3-6-21-17/h1-3,6,9-10,12,27H,4-5,7-8,11H2. The third kappa shape index (κ3) is 3.61. The van der Waals surface area contributed by atoms with Gasteiger partial charge in [0.15, 0.2) is 0 Å². The molecule has 0 unspecified atom stereocenters. The maximum atomic E-state index is 12.7. The molecule has 0 bridgehead atoms. The van der Waals surface area contributed by atoms with Crippen molar-refractivity contribution in [1.82, 2.24) is 14.5 Å². The maximum Gasteiger partial charge on any atom is 0.261 e. The largest absolute Gasteiger partial charge is 0.388 e. The normalized spacial score (nSPS) is 16.3. The maximum absolute atomic E-state index is 12.7. The SMILES string of the molecule is O=Nc1ccnc(N2CCC(O)(Cn3cnc4cc(Cl)ccc4c3=O)CC2)c1. The van der Waals surface area contributed by atoms with Gasteiger partial charge in [-0.15, -0.1) is 4.91 Å². The Hall–Kier alpha value is -2.84. The van der Waals surface area contributed by atoms with Gasteiger partial charge in [0.2, 0.25) is 0 Å². The molecule has 28 heavy (non-hydrogen) atoms. The Labute approximate surface area is 165 Å². The number of benzene rings is 1. The Morgan fingerprint density at radius 1 is 1.18 bits per heavy atom. The quantitative estimate of drug-likeness (QED) is 0.677. The fourth-order valence-electron chi connectivity index (χ4n) is 3.51. The number of aliphatic hydroxyl groups is 1. The van der Waals surface area contributed by atoms with Crippen LogP contribution in [0, 0.1) is 4.91 Å². The minimum Gasteiger partial charge on any atom is -0.388 e. The summed E-state index contributed by atoms with van der Waals surface area (Å²) in [6.45, 7) is 1.27. The molecule has 0 aliphatic carbocycles. The van der Waals surface area contributed by atoms with Crippen LogP contribution in [0.2, 0.25) is 5.02 Å². The molecule has 0 saturated carbocycles. The number of aromatic nitrogens is 3. The first kappa shape index (κ1) is 18.5. The molecule has 4 rings (SSSR count). The third-order valence-electron chi connectivity index (χ3n) is 5.10. The van der Waals surface area contributed by atoms with Crippen molar-refractivity contribution in [2.45, 2.75) is 25.0 Å². The number of halogens is 1. The van der Waals surface area contributed by atoms with Gasteiger partial charge >= 0.3 is 0 Å². The van der Waals surface area contributed by atoms with Crippen molar-refractivity contribution in [2.75, 3.05) is 18.0 Å². The number of nitrogens with zero attached hydrogens (tertiary/aromatic N) is 5. The number of pyridine rings is 1. The number of fused-ring (bicyclic) bond motifs is 1. The van der Waals surface area contributed by atoms with Crippen molar-refractivity contribution in [1.29, 1.82) is 0 Å². The van der Waals surface area contributed by atoms with E-state index in [2.05, 4.69) is 15.1 Å². The molecular weight excluding hydrogens is 382 g/mol. The van der Waals surface area contributed by atoms with Crippen LogP contribution in [0.25, 0.3) is 10.9 Å². The summed E-state index contributed by atoms with van der Waals surface area (Å²) in [5.74, 6) is 0.653. The molecule has 1 saturated heterocycles. The summed E-state index contributed by atoms with van der Waals surface area (Å²) < 4.78 is 1.45. The van der Waals surface area contributed by atoms with Crippen molar-refractivity contribution in [2.24, 2.45) is 5.18 Å². The number of hydrogen-bond acceptors (Lipinski definition) is 7. The molecule has 0 spiro atoms. The number of hydrogen-bond donors (Lipinski definition) is 1. The molecule has 1 aromatic carbocycles. The predicted molar refractivity (Wildman–Crippen MR) is 107 cm³/mol. The van der Waals surface area contributed by atoms with Gasteiger partial charge in [0.25, 0.3) is 5.56 Å². The lowest BCUT2D eigenvalue weighted by Crippen LogP contribution is -2.48. The Morgan fingerprint density at radius 2 is 1.96 bits per heavy atom. The van der Waals surface area contributed by atoms with Crippen molar-refractivity contribution in [3.05, 3.63) is 63.1 Å².